The number of nitrogens with zero attached hydrogens (tertiary/aromatic N) is 4. The lowest BCUT2D eigenvalue weighted by molar-refractivity contribution is 0.891. The summed E-state index contributed by atoms with van der Waals surface area (Å²) in [6, 6.07) is 8.12. The van der Waals surface area contributed by atoms with Crippen molar-refractivity contribution in [1.82, 2.24) is 15.0 Å². The normalized spacial score (nSPS) is 10.4. The van der Waals surface area contributed by atoms with E-state index in [1.165, 1.54) is 5.56 Å². The molecule has 0 amide bonds. The zero-order chi connectivity index (χ0) is 13.1. The van der Waals surface area contributed by atoms with Gasteiger partial charge in [0.25, 0.3) is 0 Å². The second kappa shape index (κ2) is 5.31. The van der Waals surface area contributed by atoms with Gasteiger partial charge in [0.15, 0.2) is 0 Å². The van der Waals surface area contributed by atoms with Crippen molar-refractivity contribution in [3.8, 4) is 0 Å². The molecule has 4 nitrogen and oxygen atoms in total. The summed E-state index contributed by atoms with van der Waals surface area (Å²) in [5.74, 6) is 1.21. The molecule has 0 spiro atoms. The van der Waals surface area contributed by atoms with E-state index in [-0.39, 0.29) is 5.28 Å². The van der Waals surface area contributed by atoms with Crippen molar-refractivity contribution >= 4 is 23.2 Å². The Kier molecular flexibility index (Phi) is 3.77. The Hall–Kier alpha value is -1.68. The lowest BCUT2D eigenvalue weighted by atomic mass is 10.2. The van der Waals surface area contributed by atoms with E-state index in [1.54, 1.807) is 0 Å². The van der Waals surface area contributed by atoms with Crippen molar-refractivity contribution in [3.63, 3.8) is 0 Å². The quantitative estimate of drug-likeness (QED) is 0.851. The number of rotatable bonds is 3. The van der Waals surface area contributed by atoms with Gasteiger partial charge in [0, 0.05) is 12.2 Å². The molecule has 0 aliphatic rings. The molecular weight excluding hydrogens is 248 g/mol. The number of para-hydroxylation sites is 1. The van der Waals surface area contributed by atoms with E-state index in [4.69, 9.17) is 11.6 Å². The first-order valence-electron chi connectivity index (χ1n) is 5.83. The summed E-state index contributed by atoms with van der Waals surface area (Å²) < 4.78 is 0. The van der Waals surface area contributed by atoms with E-state index in [9.17, 15) is 0 Å². The minimum Gasteiger partial charge on any atom is -0.310 e. The highest BCUT2D eigenvalue weighted by Gasteiger charge is 2.13. The van der Waals surface area contributed by atoms with Gasteiger partial charge in [-0.25, -0.2) is 4.98 Å². The SMILES string of the molecule is CCN(c1nc(C)nc(Cl)n1)c1ccccc1C. The number of aryl methyl sites for hydroxylation is 2. The van der Waals surface area contributed by atoms with Crippen LogP contribution in [0.5, 0.6) is 0 Å². The van der Waals surface area contributed by atoms with E-state index in [2.05, 4.69) is 34.9 Å². The lowest BCUT2D eigenvalue weighted by Crippen LogP contribution is -2.20. The molecule has 5 heteroatoms. The highest BCUT2D eigenvalue weighted by Crippen LogP contribution is 2.25. The van der Waals surface area contributed by atoms with Crippen LogP contribution in [0.15, 0.2) is 24.3 Å². The van der Waals surface area contributed by atoms with Gasteiger partial charge in [-0.3, -0.25) is 0 Å². The Bertz CT molecular complexity index is 536. The molecule has 1 heterocycles. The lowest BCUT2D eigenvalue weighted by Gasteiger charge is -2.22. The van der Waals surface area contributed by atoms with Crippen LogP contribution in [0.1, 0.15) is 18.3 Å². The van der Waals surface area contributed by atoms with Crippen molar-refractivity contribution < 1.29 is 0 Å². The molecule has 0 bridgehead atoms. The molecule has 0 fully saturated rings. The second-order valence-corrected chi connectivity index (χ2v) is 4.32. The molecule has 0 N–H and O–H groups in total. The molecular formula is C13H15ClN4. The standard InChI is InChI=1S/C13H15ClN4/c1-4-18(11-8-6-5-7-9(11)2)13-16-10(3)15-12(14)17-13/h5-8H,4H2,1-3H3. The summed E-state index contributed by atoms with van der Waals surface area (Å²) in [4.78, 5) is 14.5. The predicted molar refractivity (Wildman–Crippen MR) is 73.4 cm³/mol. The third-order valence-electron chi connectivity index (χ3n) is 2.67. The highest BCUT2D eigenvalue weighted by atomic mass is 35.5. The predicted octanol–water partition coefficient (Wildman–Crippen LogP) is 3.30. The molecule has 0 saturated heterocycles. The summed E-state index contributed by atoms with van der Waals surface area (Å²) >= 11 is 5.89. The Morgan fingerprint density at radius 2 is 1.83 bits per heavy atom. The third kappa shape index (κ3) is 2.59. The largest absolute Gasteiger partial charge is 0.310 e. The smallest absolute Gasteiger partial charge is 0.234 e. The first kappa shape index (κ1) is 12.8. The monoisotopic (exact) mass is 262 g/mol. The highest BCUT2D eigenvalue weighted by molar-refractivity contribution is 6.28. The van der Waals surface area contributed by atoms with E-state index in [0.717, 1.165) is 12.2 Å². The summed E-state index contributed by atoms with van der Waals surface area (Å²) in [6.45, 7) is 6.69. The van der Waals surface area contributed by atoms with Gasteiger partial charge >= 0.3 is 0 Å². The molecule has 0 radical (unpaired) electrons. The average Bonchev–Trinajstić information content (AvgIpc) is 2.31. The third-order valence-corrected chi connectivity index (χ3v) is 2.84. The van der Waals surface area contributed by atoms with Crippen LogP contribution >= 0.6 is 11.6 Å². The second-order valence-electron chi connectivity index (χ2n) is 3.98. The maximum Gasteiger partial charge on any atom is 0.234 e. The number of aromatic nitrogens is 3. The summed E-state index contributed by atoms with van der Waals surface area (Å²) in [6.07, 6.45) is 0. The van der Waals surface area contributed by atoms with Crippen LogP contribution < -0.4 is 4.90 Å². The van der Waals surface area contributed by atoms with Crippen LogP contribution in [0.2, 0.25) is 5.28 Å². The minimum absolute atomic E-state index is 0.226. The van der Waals surface area contributed by atoms with Crippen molar-refractivity contribution in [3.05, 3.63) is 40.9 Å². The molecule has 1 aromatic heterocycles. The maximum atomic E-state index is 5.89. The van der Waals surface area contributed by atoms with Gasteiger partial charge in [-0.15, -0.1) is 0 Å². The molecule has 1 aromatic carbocycles. The zero-order valence-electron chi connectivity index (χ0n) is 10.7. The van der Waals surface area contributed by atoms with Crippen molar-refractivity contribution in [2.75, 3.05) is 11.4 Å². The van der Waals surface area contributed by atoms with Crippen molar-refractivity contribution in [2.45, 2.75) is 20.8 Å². The number of hydrogen-bond donors (Lipinski definition) is 0. The topological polar surface area (TPSA) is 41.9 Å². The Morgan fingerprint density at radius 3 is 2.44 bits per heavy atom. The van der Waals surface area contributed by atoms with Crippen LogP contribution in [0, 0.1) is 13.8 Å². The van der Waals surface area contributed by atoms with Crippen LogP contribution in [0.4, 0.5) is 11.6 Å². The average molecular weight is 263 g/mol. The van der Waals surface area contributed by atoms with Crippen LogP contribution in [-0.4, -0.2) is 21.5 Å². The fourth-order valence-electron chi connectivity index (χ4n) is 1.84. The van der Waals surface area contributed by atoms with Gasteiger partial charge < -0.3 is 4.90 Å². The number of hydrogen-bond acceptors (Lipinski definition) is 4. The fraction of sp³-hybridized carbons (Fsp3) is 0.308. The molecule has 0 aliphatic heterocycles. The number of anilines is 2. The van der Waals surface area contributed by atoms with E-state index < -0.39 is 0 Å². The molecule has 94 valence electrons. The van der Waals surface area contributed by atoms with Crippen LogP contribution in [0.3, 0.4) is 0 Å². The summed E-state index contributed by atoms with van der Waals surface area (Å²) in [7, 11) is 0. The number of benzene rings is 1. The molecule has 2 aromatic rings. The van der Waals surface area contributed by atoms with Gasteiger partial charge in [0.1, 0.15) is 5.82 Å². The minimum atomic E-state index is 0.226. The maximum absolute atomic E-state index is 5.89. The van der Waals surface area contributed by atoms with Gasteiger partial charge in [0.05, 0.1) is 0 Å². The Balaban J connectivity index is 2.48. The summed E-state index contributed by atoms with van der Waals surface area (Å²) in [5.41, 5.74) is 2.26. The molecule has 0 atom stereocenters. The first-order chi connectivity index (χ1) is 8.61. The number of halogens is 1. The zero-order valence-corrected chi connectivity index (χ0v) is 11.4. The molecule has 0 unspecified atom stereocenters. The van der Waals surface area contributed by atoms with Crippen LogP contribution in [-0.2, 0) is 0 Å². The van der Waals surface area contributed by atoms with E-state index >= 15 is 0 Å². The van der Waals surface area contributed by atoms with Gasteiger partial charge in [-0.05, 0) is 44.0 Å². The van der Waals surface area contributed by atoms with Gasteiger partial charge in [-0.2, -0.15) is 9.97 Å². The van der Waals surface area contributed by atoms with Gasteiger partial charge in [0.2, 0.25) is 11.2 Å². The molecule has 0 saturated carbocycles. The Labute approximate surface area is 112 Å². The van der Waals surface area contributed by atoms with Crippen LogP contribution in [0.25, 0.3) is 0 Å². The molecule has 2 rings (SSSR count). The van der Waals surface area contributed by atoms with E-state index in [1.807, 2.05) is 30.0 Å². The first-order valence-corrected chi connectivity index (χ1v) is 6.21. The van der Waals surface area contributed by atoms with Gasteiger partial charge in [-0.1, -0.05) is 18.2 Å². The summed E-state index contributed by atoms with van der Waals surface area (Å²) in [5, 5.41) is 0.226. The fourth-order valence-corrected chi connectivity index (χ4v) is 2.04. The van der Waals surface area contributed by atoms with Crippen molar-refractivity contribution in [2.24, 2.45) is 0 Å². The molecule has 0 aliphatic carbocycles. The molecule has 18 heavy (non-hydrogen) atoms. The van der Waals surface area contributed by atoms with E-state index in [0.29, 0.717) is 11.8 Å². The van der Waals surface area contributed by atoms with Crippen molar-refractivity contribution in [1.29, 1.82) is 0 Å². The Morgan fingerprint density at radius 1 is 1.11 bits per heavy atom.